The average molecular weight is 476 g/mol. The Labute approximate surface area is 206 Å². The van der Waals surface area contributed by atoms with Crippen LogP contribution in [-0.4, -0.2) is 47.6 Å². The fourth-order valence-corrected chi connectivity index (χ4v) is 9.86. The first kappa shape index (κ1) is 25.0. The highest BCUT2D eigenvalue weighted by atomic mass is 16.5. The molecule has 4 aliphatic carbocycles. The first-order valence-electron chi connectivity index (χ1n) is 14.5. The molecule has 5 aliphatic rings. The Morgan fingerprint density at radius 1 is 1.03 bits per heavy atom. The normalized spacial score (nSPS) is 49.1. The van der Waals surface area contributed by atoms with Crippen LogP contribution in [0.2, 0.25) is 0 Å². The van der Waals surface area contributed by atoms with Crippen molar-refractivity contribution in [3.8, 4) is 0 Å². The minimum atomic E-state index is -0.212. The zero-order valence-electron chi connectivity index (χ0n) is 21.8. The Bertz CT molecular complexity index is 738. The second-order valence-electron chi connectivity index (χ2n) is 13.4. The van der Waals surface area contributed by atoms with Gasteiger partial charge in [0, 0.05) is 19.6 Å². The third kappa shape index (κ3) is 4.36. The van der Waals surface area contributed by atoms with Gasteiger partial charge in [-0.2, -0.15) is 0 Å². The van der Waals surface area contributed by atoms with E-state index < -0.39 is 0 Å². The molecule has 1 heterocycles. The summed E-state index contributed by atoms with van der Waals surface area (Å²) in [6, 6.07) is 0. The van der Waals surface area contributed by atoms with Gasteiger partial charge in [0.05, 0.1) is 18.3 Å². The number of aliphatic hydroxyl groups excluding tert-OH is 2. The molecule has 11 atom stereocenters. The van der Waals surface area contributed by atoms with Crippen molar-refractivity contribution in [1.82, 2.24) is 5.32 Å². The van der Waals surface area contributed by atoms with Crippen molar-refractivity contribution in [1.29, 1.82) is 0 Å². The number of amides is 1. The Morgan fingerprint density at radius 2 is 1.79 bits per heavy atom. The molecule has 5 fully saturated rings. The van der Waals surface area contributed by atoms with Gasteiger partial charge in [-0.25, -0.2) is 0 Å². The van der Waals surface area contributed by atoms with E-state index in [1.165, 1.54) is 25.7 Å². The predicted octanol–water partition coefficient (Wildman–Crippen LogP) is 4.69. The zero-order chi connectivity index (χ0) is 24.1. The van der Waals surface area contributed by atoms with E-state index in [1.807, 2.05) is 0 Å². The van der Waals surface area contributed by atoms with Crippen molar-refractivity contribution in [2.45, 2.75) is 116 Å². The van der Waals surface area contributed by atoms with Gasteiger partial charge in [-0.3, -0.25) is 4.79 Å². The van der Waals surface area contributed by atoms with Crippen molar-refractivity contribution in [3.05, 3.63) is 0 Å². The molecule has 5 heteroatoms. The minimum Gasteiger partial charge on any atom is -0.393 e. The first-order chi connectivity index (χ1) is 16.2. The minimum absolute atomic E-state index is 0.171. The number of hydrogen-bond donors (Lipinski definition) is 3. The number of carbonyl (C=O) groups is 1. The maximum atomic E-state index is 12.5. The molecule has 4 saturated carbocycles. The fraction of sp³-hybridized carbons (Fsp3) is 0.966. The molecular formula is C29H49NO4. The zero-order valence-corrected chi connectivity index (χ0v) is 21.8. The van der Waals surface area contributed by atoms with Crippen molar-refractivity contribution in [2.75, 3.05) is 13.2 Å². The molecule has 34 heavy (non-hydrogen) atoms. The molecule has 11 unspecified atom stereocenters. The van der Waals surface area contributed by atoms with Crippen LogP contribution in [0.15, 0.2) is 0 Å². The van der Waals surface area contributed by atoms with Gasteiger partial charge in [-0.15, -0.1) is 0 Å². The van der Waals surface area contributed by atoms with Gasteiger partial charge < -0.3 is 20.3 Å². The van der Waals surface area contributed by atoms with Crippen LogP contribution in [0.4, 0.5) is 0 Å². The van der Waals surface area contributed by atoms with Crippen LogP contribution >= 0.6 is 0 Å². The number of nitrogens with one attached hydrogen (secondary N) is 1. The molecule has 1 saturated heterocycles. The highest BCUT2D eigenvalue weighted by molar-refractivity contribution is 5.75. The van der Waals surface area contributed by atoms with Crippen LogP contribution in [0.5, 0.6) is 0 Å². The van der Waals surface area contributed by atoms with E-state index in [1.54, 1.807) is 0 Å². The monoisotopic (exact) mass is 475 g/mol. The summed E-state index contributed by atoms with van der Waals surface area (Å²) in [5.41, 5.74) is 0.572. The van der Waals surface area contributed by atoms with Crippen molar-refractivity contribution in [3.63, 3.8) is 0 Å². The lowest BCUT2D eigenvalue weighted by atomic mass is 9.43. The number of aliphatic hydroxyl groups is 2. The maximum absolute atomic E-state index is 12.5. The van der Waals surface area contributed by atoms with Gasteiger partial charge in [-0.1, -0.05) is 20.8 Å². The number of fused-ring (bicyclic) bond motifs is 5. The molecule has 0 aromatic heterocycles. The van der Waals surface area contributed by atoms with Crippen LogP contribution in [0.25, 0.3) is 0 Å². The predicted molar refractivity (Wildman–Crippen MR) is 133 cm³/mol. The highest BCUT2D eigenvalue weighted by Crippen LogP contribution is 2.68. The van der Waals surface area contributed by atoms with Crippen LogP contribution in [0, 0.1) is 46.3 Å². The van der Waals surface area contributed by atoms with Crippen molar-refractivity contribution in [2.24, 2.45) is 46.3 Å². The summed E-state index contributed by atoms with van der Waals surface area (Å²) in [5, 5.41) is 24.8. The lowest BCUT2D eigenvalue weighted by molar-refractivity contribution is -0.174. The summed E-state index contributed by atoms with van der Waals surface area (Å²) >= 11 is 0. The molecule has 0 aromatic rings. The number of carbonyl (C=O) groups excluding carboxylic acids is 1. The van der Waals surface area contributed by atoms with Crippen LogP contribution in [-0.2, 0) is 9.53 Å². The Hall–Kier alpha value is -0.650. The van der Waals surface area contributed by atoms with Gasteiger partial charge >= 0.3 is 0 Å². The topological polar surface area (TPSA) is 78.8 Å². The molecule has 0 bridgehead atoms. The fourth-order valence-electron chi connectivity index (χ4n) is 9.86. The molecule has 5 nitrogen and oxygen atoms in total. The van der Waals surface area contributed by atoms with Crippen LogP contribution in [0.3, 0.4) is 0 Å². The summed E-state index contributed by atoms with van der Waals surface area (Å²) in [5.74, 6) is 3.45. The molecule has 1 amide bonds. The third-order valence-electron chi connectivity index (χ3n) is 11.8. The molecule has 0 radical (unpaired) electrons. The van der Waals surface area contributed by atoms with Gasteiger partial charge in [0.15, 0.2) is 0 Å². The summed E-state index contributed by atoms with van der Waals surface area (Å²) < 4.78 is 5.63. The Balaban J connectivity index is 1.21. The summed E-state index contributed by atoms with van der Waals surface area (Å²) in [7, 11) is 0. The molecule has 194 valence electrons. The molecule has 0 aromatic carbocycles. The maximum Gasteiger partial charge on any atom is 0.220 e. The molecule has 1 aliphatic heterocycles. The number of hydrogen-bond acceptors (Lipinski definition) is 4. The number of ether oxygens (including phenoxy) is 1. The Morgan fingerprint density at radius 3 is 2.56 bits per heavy atom. The van der Waals surface area contributed by atoms with Crippen molar-refractivity contribution < 1.29 is 19.7 Å². The van der Waals surface area contributed by atoms with Gasteiger partial charge in [0.25, 0.3) is 0 Å². The van der Waals surface area contributed by atoms with Crippen LogP contribution < -0.4 is 5.32 Å². The van der Waals surface area contributed by atoms with E-state index in [4.69, 9.17) is 4.74 Å². The van der Waals surface area contributed by atoms with Gasteiger partial charge in [-0.05, 0) is 117 Å². The van der Waals surface area contributed by atoms with E-state index in [9.17, 15) is 15.0 Å². The smallest absolute Gasteiger partial charge is 0.220 e. The summed E-state index contributed by atoms with van der Waals surface area (Å²) in [6.07, 6.45) is 12.4. The highest BCUT2D eigenvalue weighted by Gasteiger charge is 2.62. The first-order valence-corrected chi connectivity index (χ1v) is 14.5. The third-order valence-corrected chi connectivity index (χ3v) is 11.8. The second kappa shape index (κ2) is 9.67. The number of rotatable bonds is 6. The second-order valence-corrected chi connectivity index (χ2v) is 13.4. The molecule has 3 N–H and O–H groups in total. The summed E-state index contributed by atoms with van der Waals surface area (Å²) in [4.78, 5) is 12.5. The molecule has 5 rings (SSSR count). The van der Waals surface area contributed by atoms with E-state index in [-0.39, 0.29) is 35.0 Å². The SMILES string of the molecule is CC(CCC(=O)NCC1CCCO1)C1CCC2C3C(O)CC4CC(O)CCC4(C)C3CCC12C. The van der Waals surface area contributed by atoms with Crippen molar-refractivity contribution >= 4 is 5.91 Å². The largest absolute Gasteiger partial charge is 0.393 e. The van der Waals surface area contributed by atoms with E-state index in [2.05, 4.69) is 26.1 Å². The Kier molecular flexibility index (Phi) is 7.11. The average Bonchev–Trinajstić information content (AvgIpc) is 3.44. The standard InChI is InChI=1S/C29H49NO4/c1-18(6-9-26(33)30-17-21-5-4-14-34-21)22-7-8-23-27-24(11-13-29(22,23)3)28(2)12-10-20(31)15-19(28)16-25(27)32/h18-25,27,31-32H,4-17H2,1-3H3,(H,30,33). The van der Waals surface area contributed by atoms with Crippen LogP contribution in [0.1, 0.15) is 97.8 Å². The van der Waals surface area contributed by atoms with E-state index in [0.29, 0.717) is 48.5 Å². The quantitative estimate of drug-likeness (QED) is 0.521. The summed E-state index contributed by atoms with van der Waals surface area (Å²) in [6.45, 7) is 8.87. The molecular weight excluding hydrogens is 426 g/mol. The van der Waals surface area contributed by atoms with E-state index in [0.717, 1.165) is 51.6 Å². The lowest BCUT2D eigenvalue weighted by Crippen LogP contribution is -2.58. The van der Waals surface area contributed by atoms with E-state index >= 15 is 0 Å². The lowest BCUT2D eigenvalue weighted by Gasteiger charge is -2.62. The molecule has 0 spiro atoms. The van der Waals surface area contributed by atoms with Gasteiger partial charge in [0.2, 0.25) is 5.91 Å². The van der Waals surface area contributed by atoms with Gasteiger partial charge in [0.1, 0.15) is 0 Å².